The van der Waals surface area contributed by atoms with E-state index < -0.39 is 0 Å². The first-order valence-corrected chi connectivity index (χ1v) is 6.79. The van der Waals surface area contributed by atoms with Gasteiger partial charge < -0.3 is 10.1 Å². The summed E-state index contributed by atoms with van der Waals surface area (Å²) < 4.78 is 5.20. The van der Waals surface area contributed by atoms with Crippen LogP contribution < -0.4 is 5.32 Å². The van der Waals surface area contributed by atoms with Crippen LogP contribution in [-0.2, 0) is 4.74 Å². The standard InChI is InChI=1S/C11H21NOS/c1-2-5-12-9-3-4-10(6-9)14-11-7-13-8-11/h9-12H,2-8H2,1H3. The van der Waals surface area contributed by atoms with Crippen LogP contribution in [0.3, 0.4) is 0 Å². The van der Waals surface area contributed by atoms with Crippen molar-refractivity contribution in [2.45, 2.75) is 49.1 Å². The number of thioether (sulfide) groups is 1. The van der Waals surface area contributed by atoms with Gasteiger partial charge in [0.25, 0.3) is 0 Å². The summed E-state index contributed by atoms with van der Waals surface area (Å²) in [7, 11) is 0. The van der Waals surface area contributed by atoms with Gasteiger partial charge in [0.15, 0.2) is 0 Å². The molecule has 1 saturated carbocycles. The van der Waals surface area contributed by atoms with Crippen molar-refractivity contribution < 1.29 is 4.74 Å². The normalized spacial score (nSPS) is 33.2. The lowest BCUT2D eigenvalue weighted by molar-refractivity contribution is 0.0453. The molecule has 0 radical (unpaired) electrons. The molecule has 2 fully saturated rings. The van der Waals surface area contributed by atoms with E-state index in [1.165, 1.54) is 32.2 Å². The van der Waals surface area contributed by atoms with E-state index in [1.54, 1.807) is 0 Å². The molecule has 0 bridgehead atoms. The second-order valence-corrected chi connectivity index (χ2v) is 5.99. The molecular weight excluding hydrogens is 194 g/mol. The highest BCUT2D eigenvalue weighted by atomic mass is 32.2. The monoisotopic (exact) mass is 215 g/mol. The minimum Gasteiger partial charge on any atom is -0.379 e. The number of nitrogens with one attached hydrogen (secondary N) is 1. The molecule has 2 atom stereocenters. The summed E-state index contributed by atoms with van der Waals surface area (Å²) in [4.78, 5) is 0. The zero-order valence-electron chi connectivity index (χ0n) is 9.00. The predicted octanol–water partition coefficient (Wildman–Crippen LogP) is 2.04. The van der Waals surface area contributed by atoms with Crippen LogP contribution in [0.25, 0.3) is 0 Å². The van der Waals surface area contributed by atoms with Crippen LogP contribution in [0.2, 0.25) is 0 Å². The van der Waals surface area contributed by atoms with Crippen molar-refractivity contribution >= 4 is 11.8 Å². The smallest absolute Gasteiger partial charge is 0.0608 e. The van der Waals surface area contributed by atoms with Crippen molar-refractivity contribution in [1.29, 1.82) is 0 Å². The summed E-state index contributed by atoms with van der Waals surface area (Å²) in [6.45, 7) is 5.41. The maximum Gasteiger partial charge on any atom is 0.0608 e. The highest BCUT2D eigenvalue weighted by Crippen LogP contribution is 2.34. The van der Waals surface area contributed by atoms with Crippen LogP contribution in [0, 0.1) is 0 Å². The Labute approximate surface area is 91.2 Å². The van der Waals surface area contributed by atoms with Crippen molar-refractivity contribution in [3.8, 4) is 0 Å². The summed E-state index contributed by atoms with van der Waals surface area (Å²) in [5.74, 6) is 0. The van der Waals surface area contributed by atoms with E-state index in [1.807, 2.05) is 0 Å². The predicted molar refractivity (Wildman–Crippen MR) is 61.9 cm³/mol. The minimum absolute atomic E-state index is 0.799. The number of ether oxygens (including phenoxy) is 1. The van der Waals surface area contributed by atoms with Gasteiger partial charge in [-0.05, 0) is 32.2 Å². The Morgan fingerprint density at radius 2 is 2.14 bits per heavy atom. The zero-order chi connectivity index (χ0) is 9.80. The Morgan fingerprint density at radius 1 is 1.29 bits per heavy atom. The van der Waals surface area contributed by atoms with Crippen LogP contribution in [0.1, 0.15) is 32.6 Å². The van der Waals surface area contributed by atoms with Crippen LogP contribution in [0.4, 0.5) is 0 Å². The van der Waals surface area contributed by atoms with Crippen LogP contribution in [0.5, 0.6) is 0 Å². The first-order valence-electron chi connectivity index (χ1n) is 5.85. The Hall–Kier alpha value is 0.270. The molecule has 0 spiro atoms. The highest BCUT2D eigenvalue weighted by Gasteiger charge is 2.29. The quantitative estimate of drug-likeness (QED) is 0.758. The molecule has 14 heavy (non-hydrogen) atoms. The molecule has 1 aliphatic carbocycles. The van der Waals surface area contributed by atoms with Crippen molar-refractivity contribution in [1.82, 2.24) is 5.32 Å². The molecule has 1 heterocycles. The van der Waals surface area contributed by atoms with Crippen LogP contribution >= 0.6 is 11.8 Å². The largest absolute Gasteiger partial charge is 0.379 e. The molecular formula is C11H21NOS. The lowest BCUT2D eigenvalue weighted by Gasteiger charge is -2.27. The lowest BCUT2D eigenvalue weighted by Crippen LogP contribution is -2.32. The molecule has 82 valence electrons. The summed E-state index contributed by atoms with van der Waals surface area (Å²) in [6.07, 6.45) is 5.42. The van der Waals surface area contributed by atoms with E-state index in [2.05, 4.69) is 24.0 Å². The molecule has 2 unspecified atom stereocenters. The molecule has 0 aromatic rings. The van der Waals surface area contributed by atoms with Gasteiger partial charge >= 0.3 is 0 Å². The minimum atomic E-state index is 0.799. The van der Waals surface area contributed by atoms with Gasteiger partial charge in [-0.1, -0.05) is 6.92 Å². The van der Waals surface area contributed by atoms with Crippen molar-refractivity contribution in [3.63, 3.8) is 0 Å². The number of hydrogen-bond acceptors (Lipinski definition) is 3. The van der Waals surface area contributed by atoms with E-state index in [4.69, 9.17) is 4.74 Å². The third kappa shape index (κ3) is 2.88. The average molecular weight is 215 g/mol. The van der Waals surface area contributed by atoms with E-state index >= 15 is 0 Å². The molecule has 2 aliphatic rings. The fourth-order valence-electron chi connectivity index (χ4n) is 2.16. The maximum absolute atomic E-state index is 5.20. The lowest BCUT2D eigenvalue weighted by atomic mass is 10.2. The molecule has 0 aromatic carbocycles. The third-order valence-electron chi connectivity index (χ3n) is 3.06. The van der Waals surface area contributed by atoms with Crippen LogP contribution in [-0.4, -0.2) is 36.3 Å². The maximum atomic E-state index is 5.20. The summed E-state index contributed by atoms with van der Waals surface area (Å²) >= 11 is 2.17. The summed E-state index contributed by atoms with van der Waals surface area (Å²) in [6, 6.07) is 0.799. The Balaban J connectivity index is 1.61. The molecule has 2 nitrogen and oxygen atoms in total. The SMILES string of the molecule is CCCNC1CCC(SC2COC2)C1. The summed E-state index contributed by atoms with van der Waals surface area (Å²) in [5, 5.41) is 5.34. The second-order valence-electron chi connectivity index (χ2n) is 4.38. The molecule has 0 amide bonds. The Bertz CT molecular complexity index is 173. The number of rotatable bonds is 5. The van der Waals surface area contributed by atoms with Crippen molar-refractivity contribution in [2.75, 3.05) is 19.8 Å². The average Bonchev–Trinajstić information content (AvgIpc) is 2.56. The first kappa shape index (κ1) is 10.8. The van der Waals surface area contributed by atoms with Crippen molar-refractivity contribution in [2.24, 2.45) is 0 Å². The van der Waals surface area contributed by atoms with Gasteiger partial charge in [0.05, 0.1) is 18.5 Å². The molecule has 1 saturated heterocycles. The number of hydrogen-bond donors (Lipinski definition) is 1. The van der Waals surface area contributed by atoms with Crippen molar-refractivity contribution in [3.05, 3.63) is 0 Å². The fraction of sp³-hybridized carbons (Fsp3) is 1.00. The second kappa shape index (κ2) is 5.38. The van der Waals surface area contributed by atoms with Gasteiger partial charge in [-0.3, -0.25) is 0 Å². The van der Waals surface area contributed by atoms with Gasteiger partial charge in [0.1, 0.15) is 0 Å². The van der Waals surface area contributed by atoms with Crippen LogP contribution in [0.15, 0.2) is 0 Å². The first-order chi connectivity index (χ1) is 6.88. The topological polar surface area (TPSA) is 21.3 Å². The van der Waals surface area contributed by atoms with Gasteiger partial charge in [0, 0.05) is 11.3 Å². The van der Waals surface area contributed by atoms with Gasteiger partial charge in [-0.2, -0.15) is 11.8 Å². The summed E-state index contributed by atoms with van der Waals surface area (Å²) in [5.41, 5.74) is 0. The molecule has 0 aromatic heterocycles. The fourth-order valence-corrected chi connectivity index (χ4v) is 3.67. The van der Waals surface area contributed by atoms with E-state index in [0.717, 1.165) is 29.8 Å². The van der Waals surface area contributed by atoms with E-state index in [0.29, 0.717) is 0 Å². The van der Waals surface area contributed by atoms with E-state index in [-0.39, 0.29) is 0 Å². The zero-order valence-corrected chi connectivity index (χ0v) is 9.81. The molecule has 3 heteroatoms. The third-order valence-corrected chi connectivity index (χ3v) is 4.53. The highest BCUT2D eigenvalue weighted by molar-refractivity contribution is 8.00. The van der Waals surface area contributed by atoms with Gasteiger partial charge in [-0.15, -0.1) is 0 Å². The molecule has 2 rings (SSSR count). The van der Waals surface area contributed by atoms with E-state index in [9.17, 15) is 0 Å². The van der Waals surface area contributed by atoms with Gasteiger partial charge in [0.2, 0.25) is 0 Å². The Morgan fingerprint density at radius 3 is 2.79 bits per heavy atom. The molecule has 1 aliphatic heterocycles. The Kier molecular flexibility index (Phi) is 4.14. The van der Waals surface area contributed by atoms with Gasteiger partial charge in [-0.25, -0.2) is 0 Å². The molecule has 1 N–H and O–H groups in total.